The quantitative estimate of drug-likeness (QED) is 0.717. The van der Waals surface area contributed by atoms with Gasteiger partial charge in [-0.25, -0.2) is 0 Å². The van der Waals surface area contributed by atoms with Crippen LogP contribution in [0.25, 0.3) is 0 Å². The van der Waals surface area contributed by atoms with E-state index in [9.17, 15) is 5.11 Å². The van der Waals surface area contributed by atoms with Gasteiger partial charge >= 0.3 is 0 Å². The summed E-state index contributed by atoms with van der Waals surface area (Å²) in [6, 6.07) is 6.58. The van der Waals surface area contributed by atoms with E-state index < -0.39 is 6.10 Å². The van der Waals surface area contributed by atoms with Gasteiger partial charge in [0.1, 0.15) is 0 Å². The van der Waals surface area contributed by atoms with Crippen LogP contribution in [0.4, 0.5) is 0 Å². The highest BCUT2D eigenvalue weighted by molar-refractivity contribution is 5.30. The monoisotopic (exact) mass is 307 g/mol. The summed E-state index contributed by atoms with van der Waals surface area (Å²) in [5.41, 5.74) is 3.96. The van der Waals surface area contributed by atoms with E-state index in [1.807, 2.05) is 0 Å². The number of hydrogen-bond donors (Lipinski definition) is 1. The number of benzene rings is 1. The number of aliphatic hydroxyl groups excluding tert-OH is 1. The minimum atomic E-state index is -0.421. The number of aryl methyl sites for hydroxylation is 2. The van der Waals surface area contributed by atoms with Crippen molar-refractivity contribution in [2.45, 2.75) is 53.7 Å². The lowest BCUT2D eigenvalue weighted by molar-refractivity contribution is 0.00689. The zero-order valence-electron chi connectivity index (χ0n) is 14.9. The summed E-state index contributed by atoms with van der Waals surface area (Å²) in [4.78, 5) is 2.32. The maximum Gasteiger partial charge on any atom is 0.0900 e. The highest BCUT2D eigenvalue weighted by atomic mass is 16.5. The molecule has 0 saturated heterocycles. The van der Waals surface area contributed by atoms with Gasteiger partial charge in [-0.15, -0.1) is 0 Å². The maximum atomic E-state index is 10.2. The molecule has 3 heteroatoms. The van der Waals surface area contributed by atoms with E-state index in [1.54, 1.807) is 0 Å². The highest BCUT2D eigenvalue weighted by Crippen LogP contribution is 2.14. The minimum absolute atomic E-state index is 0.421. The molecule has 1 rings (SSSR count). The van der Waals surface area contributed by atoms with E-state index in [2.05, 4.69) is 57.7 Å². The largest absolute Gasteiger partial charge is 0.389 e. The van der Waals surface area contributed by atoms with Crippen LogP contribution in [0.3, 0.4) is 0 Å². The van der Waals surface area contributed by atoms with Crippen LogP contribution in [0.5, 0.6) is 0 Å². The van der Waals surface area contributed by atoms with Gasteiger partial charge in [-0.2, -0.15) is 0 Å². The first-order valence-electron chi connectivity index (χ1n) is 8.46. The molecule has 126 valence electrons. The molecule has 0 spiro atoms. The fourth-order valence-electron chi connectivity index (χ4n) is 2.55. The second-order valence-electron chi connectivity index (χ2n) is 6.75. The molecular weight excluding hydrogens is 274 g/mol. The molecule has 1 aromatic carbocycles. The summed E-state index contributed by atoms with van der Waals surface area (Å²) in [7, 11) is 0. The van der Waals surface area contributed by atoms with Gasteiger partial charge in [-0.05, 0) is 43.9 Å². The second kappa shape index (κ2) is 9.98. The van der Waals surface area contributed by atoms with E-state index in [0.717, 1.165) is 19.5 Å². The van der Waals surface area contributed by atoms with Crippen LogP contribution in [-0.4, -0.2) is 42.4 Å². The summed E-state index contributed by atoms with van der Waals surface area (Å²) in [6.45, 7) is 14.4. The molecule has 0 aromatic heterocycles. The molecule has 0 bridgehead atoms. The first-order chi connectivity index (χ1) is 10.4. The van der Waals surface area contributed by atoms with Gasteiger partial charge in [0.05, 0.1) is 12.7 Å². The molecule has 1 N–H and O–H groups in total. The lowest BCUT2D eigenvalue weighted by Gasteiger charge is -2.25. The molecule has 0 saturated carbocycles. The molecule has 0 aliphatic heterocycles. The van der Waals surface area contributed by atoms with Crippen molar-refractivity contribution in [3.63, 3.8) is 0 Å². The smallest absolute Gasteiger partial charge is 0.0900 e. The van der Waals surface area contributed by atoms with Gasteiger partial charge in [-0.1, -0.05) is 44.5 Å². The Balaban J connectivity index is 2.55. The number of ether oxygens (including phenoxy) is 1. The van der Waals surface area contributed by atoms with E-state index in [-0.39, 0.29) is 0 Å². The fourth-order valence-corrected chi connectivity index (χ4v) is 2.55. The Morgan fingerprint density at radius 3 is 2.55 bits per heavy atom. The molecule has 1 aromatic rings. The van der Waals surface area contributed by atoms with Gasteiger partial charge in [0.15, 0.2) is 0 Å². The molecule has 0 radical (unpaired) electrons. The van der Waals surface area contributed by atoms with Crippen LogP contribution in [0.15, 0.2) is 18.2 Å². The third-order valence-corrected chi connectivity index (χ3v) is 3.67. The van der Waals surface area contributed by atoms with Crippen molar-refractivity contribution in [1.29, 1.82) is 0 Å². The van der Waals surface area contributed by atoms with Crippen molar-refractivity contribution in [2.24, 2.45) is 5.92 Å². The zero-order chi connectivity index (χ0) is 16.5. The second-order valence-corrected chi connectivity index (χ2v) is 6.75. The fraction of sp³-hybridized carbons (Fsp3) is 0.684. The Labute approximate surface area is 136 Å². The van der Waals surface area contributed by atoms with Gasteiger partial charge in [-0.3, -0.25) is 4.90 Å². The predicted octanol–water partition coefficient (Wildman–Crippen LogP) is 3.55. The molecule has 0 aliphatic carbocycles. The van der Waals surface area contributed by atoms with Crippen molar-refractivity contribution in [3.05, 3.63) is 34.9 Å². The van der Waals surface area contributed by atoms with Gasteiger partial charge in [0.25, 0.3) is 0 Å². The number of aliphatic hydroxyl groups is 1. The maximum absolute atomic E-state index is 10.2. The molecule has 22 heavy (non-hydrogen) atoms. The third kappa shape index (κ3) is 7.39. The molecule has 1 atom stereocenters. The van der Waals surface area contributed by atoms with E-state index in [1.165, 1.54) is 16.7 Å². The van der Waals surface area contributed by atoms with Crippen molar-refractivity contribution in [3.8, 4) is 0 Å². The molecular formula is C19H33NO2. The van der Waals surface area contributed by atoms with Crippen LogP contribution in [0.1, 0.15) is 43.9 Å². The molecule has 0 aliphatic rings. The van der Waals surface area contributed by atoms with Gasteiger partial charge < -0.3 is 9.84 Å². The van der Waals surface area contributed by atoms with Crippen LogP contribution in [0.2, 0.25) is 0 Å². The zero-order valence-corrected chi connectivity index (χ0v) is 14.9. The summed E-state index contributed by atoms with van der Waals surface area (Å²) in [5.74, 6) is 0.508. The summed E-state index contributed by atoms with van der Waals surface area (Å²) >= 11 is 0. The normalized spacial score (nSPS) is 13.1. The van der Waals surface area contributed by atoms with Crippen molar-refractivity contribution < 1.29 is 9.84 Å². The number of hydrogen-bond acceptors (Lipinski definition) is 3. The van der Waals surface area contributed by atoms with Crippen molar-refractivity contribution in [2.75, 3.05) is 26.3 Å². The minimum Gasteiger partial charge on any atom is -0.389 e. The Hall–Kier alpha value is -0.900. The Morgan fingerprint density at radius 1 is 1.18 bits per heavy atom. The van der Waals surface area contributed by atoms with E-state index in [4.69, 9.17) is 4.74 Å². The Morgan fingerprint density at radius 2 is 1.91 bits per heavy atom. The van der Waals surface area contributed by atoms with Crippen LogP contribution >= 0.6 is 0 Å². The van der Waals surface area contributed by atoms with E-state index in [0.29, 0.717) is 25.7 Å². The molecule has 1 unspecified atom stereocenters. The molecule has 0 fully saturated rings. The summed E-state index contributed by atoms with van der Waals surface area (Å²) < 4.78 is 5.55. The van der Waals surface area contributed by atoms with Crippen LogP contribution in [-0.2, 0) is 11.3 Å². The third-order valence-electron chi connectivity index (χ3n) is 3.67. The molecule has 3 nitrogen and oxygen atoms in total. The molecule has 0 amide bonds. The average molecular weight is 307 g/mol. The van der Waals surface area contributed by atoms with Gasteiger partial charge in [0.2, 0.25) is 0 Å². The standard InChI is InChI=1S/C19H33NO2/c1-6-9-20(12-19(21)14-22-13-15(2)3)11-18-10-16(4)7-8-17(18)5/h7-8,10,15,19,21H,6,9,11-14H2,1-5H3. The summed E-state index contributed by atoms with van der Waals surface area (Å²) in [6.07, 6.45) is 0.667. The highest BCUT2D eigenvalue weighted by Gasteiger charge is 2.13. The lowest BCUT2D eigenvalue weighted by Crippen LogP contribution is -2.35. The Bertz CT molecular complexity index is 431. The van der Waals surface area contributed by atoms with Crippen molar-refractivity contribution in [1.82, 2.24) is 4.90 Å². The number of nitrogens with zero attached hydrogens (tertiary/aromatic N) is 1. The first-order valence-corrected chi connectivity index (χ1v) is 8.46. The van der Waals surface area contributed by atoms with Crippen LogP contribution in [0, 0.1) is 19.8 Å². The SMILES string of the molecule is CCCN(Cc1cc(C)ccc1C)CC(O)COCC(C)C. The van der Waals surface area contributed by atoms with Gasteiger partial charge in [0, 0.05) is 19.7 Å². The topological polar surface area (TPSA) is 32.7 Å². The lowest BCUT2D eigenvalue weighted by atomic mass is 10.0. The van der Waals surface area contributed by atoms with Crippen LogP contribution < -0.4 is 0 Å². The Kier molecular flexibility index (Phi) is 8.69. The summed E-state index contributed by atoms with van der Waals surface area (Å²) in [5, 5.41) is 10.2. The number of rotatable bonds is 10. The first kappa shape index (κ1) is 19.1. The van der Waals surface area contributed by atoms with E-state index >= 15 is 0 Å². The molecule has 0 heterocycles. The average Bonchev–Trinajstić information content (AvgIpc) is 2.42. The van der Waals surface area contributed by atoms with Crippen molar-refractivity contribution >= 4 is 0 Å². The predicted molar refractivity (Wildman–Crippen MR) is 93.1 cm³/mol.